The molecule has 0 N–H and O–H groups in total. The van der Waals surface area contributed by atoms with Crippen molar-refractivity contribution in [3.05, 3.63) is 119 Å². The second-order valence-electron chi connectivity index (χ2n) is 7.08. The Kier molecular flexibility index (Phi) is 5.66. The molecule has 0 spiro atoms. The zero-order chi connectivity index (χ0) is 20.1. The maximum atomic E-state index is 12.6. The Labute approximate surface area is 171 Å². The summed E-state index contributed by atoms with van der Waals surface area (Å²) in [6.45, 7) is 0. The highest BCUT2D eigenvalue weighted by molar-refractivity contribution is 6.14. The van der Waals surface area contributed by atoms with Crippen LogP contribution >= 0.6 is 0 Å². The topological polar surface area (TPSA) is 38.7 Å². The summed E-state index contributed by atoms with van der Waals surface area (Å²) in [5.74, 6) is -0.254. The first-order valence-electron chi connectivity index (χ1n) is 9.83. The largest absolute Gasteiger partial charge is 0.464 e. The third-order valence-corrected chi connectivity index (χ3v) is 5.26. The first kappa shape index (κ1) is 18.9. The molecule has 1 aliphatic carbocycles. The maximum Gasteiger partial charge on any atom is 0.356 e. The second-order valence-corrected chi connectivity index (χ2v) is 7.08. The molecule has 3 aromatic rings. The molecule has 1 unspecified atom stereocenters. The highest BCUT2D eigenvalue weighted by Crippen LogP contribution is 2.35. The van der Waals surface area contributed by atoms with Crippen molar-refractivity contribution in [3.63, 3.8) is 0 Å². The Hall–Kier alpha value is -3.46. The number of methoxy groups -OCH3 is 1. The molecule has 3 aromatic carbocycles. The average Bonchev–Trinajstić information content (AvgIpc) is 3.20. The third kappa shape index (κ3) is 4.19. The minimum atomic E-state index is -0.418. The van der Waals surface area contributed by atoms with Crippen LogP contribution in [-0.4, -0.2) is 18.8 Å². The first-order chi connectivity index (χ1) is 14.3. The number of nitrogens with zero attached hydrogens (tertiary/aromatic N) is 1. The van der Waals surface area contributed by atoms with Gasteiger partial charge < -0.3 is 4.74 Å². The summed E-state index contributed by atoms with van der Waals surface area (Å²) < 4.78 is 5.07. The van der Waals surface area contributed by atoms with E-state index in [9.17, 15) is 4.79 Å². The molecule has 0 radical (unpaired) electrons. The number of benzene rings is 3. The minimum absolute atomic E-state index is 0.164. The Bertz CT molecular complexity index is 1010. The molecule has 3 heteroatoms. The molecular weight excluding hydrogens is 358 g/mol. The zero-order valence-electron chi connectivity index (χ0n) is 16.4. The van der Waals surface area contributed by atoms with Crippen LogP contribution in [0.1, 0.15) is 34.6 Å². The van der Waals surface area contributed by atoms with Crippen molar-refractivity contribution in [3.8, 4) is 0 Å². The van der Waals surface area contributed by atoms with Gasteiger partial charge in [-0.05, 0) is 30.0 Å². The summed E-state index contributed by atoms with van der Waals surface area (Å²) in [6, 6.07) is 28.3. The normalized spacial score (nSPS) is 15.5. The van der Waals surface area contributed by atoms with Crippen LogP contribution in [0.4, 0.5) is 0 Å². The van der Waals surface area contributed by atoms with Crippen molar-refractivity contribution >= 4 is 11.7 Å². The Balaban J connectivity index is 1.81. The number of aryl methyl sites for hydroxylation is 1. The number of ether oxygens (including phenoxy) is 1. The summed E-state index contributed by atoms with van der Waals surface area (Å²) >= 11 is 0. The van der Waals surface area contributed by atoms with Crippen LogP contribution in [-0.2, 0) is 16.0 Å². The molecule has 4 rings (SSSR count). The molecule has 0 heterocycles. The molecule has 0 aromatic heterocycles. The van der Waals surface area contributed by atoms with E-state index in [4.69, 9.17) is 9.73 Å². The fraction of sp³-hybridized carbons (Fsp3) is 0.154. The van der Waals surface area contributed by atoms with Gasteiger partial charge in [-0.25, -0.2) is 9.79 Å². The Morgan fingerprint density at radius 1 is 0.897 bits per heavy atom. The van der Waals surface area contributed by atoms with Gasteiger partial charge in [0.1, 0.15) is 5.70 Å². The van der Waals surface area contributed by atoms with Crippen molar-refractivity contribution in [2.75, 3.05) is 7.11 Å². The monoisotopic (exact) mass is 381 g/mol. The van der Waals surface area contributed by atoms with Crippen molar-refractivity contribution < 1.29 is 9.53 Å². The van der Waals surface area contributed by atoms with Gasteiger partial charge in [0.15, 0.2) is 0 Å². The van der Waals surface area contributed by atoms with Crippen LogP contribution in [0.25, 0.3) is 0 Å². The van der Waals surface area contributed by atoms with Crippen LogP contribution < -0.4 is 0 Å². The van der Waals surface area contributed by atoms with E-state index in [0.717, 1.165) is 29.7 Å². The van der Waals surface area contributed by atoms with Gasteiger partial charge in [-0.15, -0.1) is 0 Å². The predicted octanol–water partition coefficient (Wildman–Crippen LogP) is 5.31. The van der Waals surface area contributed by atoms with Gasteiger partial charge in [-0.1, -0.05) is 84.9 Å². The van der Waals surface area contributed by atoms with Crippen molar-refractivity contribution in [1.29, 1.82) is 0 Å². The third-order valence-electron chi connectivity index (χ3n) is 5.26. The fourth-order valence-corrected chi connectivity index (χ4v) is 3.82. The highest BCUT2D eigenvalue weighted by Gasteiger charge is 2.23. The minimum Gasteiger partial charge on any atom is -0.464 e. The first-order valence-corrected chi connectivity index (χ1v) is 9.83. The second kappa shape index (κ2) is 8.70. The molecule has 1 aliphatic rings. The SMILES string of the molecule is COC(=O)/C(=C/C1CCc2ccccc21)N=C(c1ccccc1)c1ccccc1. The molecule has 144 valence electrons. The van der Waals surface area contributed by atoms with Gasteiger partial charge in [0.05, 0.1) is 12.8 Å². The lowest BCUT2D eigenvalue weighted by molar-refractivity contribution is -0.136. The van der Waals surface area contributed by atoms with Crippen molar-refractivity contribution in [1.82, 2.24) is 0 Å². The number of rotatable bonds is 5. The fourth-order valence-electron chi connectivity index (χ4n) is 3.82. The van der Waals surface area contributed by atoms with Crippen molar-refractivity contribution in [2.24, 2.45) is 4.99 Å². The smallest absolute Gasteiger partial charge is 0.356 e. The standard InChI is InChI=1S/C26H23NO2/c1-29-26(28)24(18-22-17-16-19-10-8-9-15-23(19)22)27-25(20-11-4-2-5-12-20)21-13-6-3-7-14-21/h2-15,18,22H,16-17H2,1H3/b24-18-. The summed E-state index contributed by atoms with van der Waals surface area (Å²) in [4.78, 5) is 17.4. The molecule has 0 amide bonds. The van der Waals surface area contributed by atoms with Gasteiger partial charge in [0, 0.05) is 17.0 Å². The van der Waals surface area contributed by atoms with Gasteiger partial charge in [-0.2, -0.15) is 0 Å². The lowest BCUT2D eigenvalue weighted by Gasteiger charge is -2.11. The molecule has 0 fully saturated rings. The number of hydrogen-bond donors (Lipinski definition) is 0. The van der Waals surface area contributed by atoms with Crippen LogP contribution in [0, 0.1) is 0 Å². The maximum absolute atomic E-state index is 12.6. The van der Waals surface area contributed by atoms with E-state index in [0.29, 0.717) is 5.70 Å². The predicted molar refractivity (Wildman–Crippen MR) is 116 cm³/mol. The van der Waals surface area contributed by atoms with Gasteiger partial charge in [0.2, 0.25) is 0 Å². The summed E-state index contributed by atoms with van der Waals surface area (Å²) in [6.07, 6.45) is 3.95. The molecule has 1 atom stereocenters. The van der Waals surface area contributed by atoms with Crippen LogP contribution in [0.2, 0.25) is 0 Å². The number of allylic oxidation sites excluding steroid dienone is 1. The van der Waals surface area contributed by atoms with E-state index in [-0.39, 0.29) is 5.92 Å². The van der Waals surface area contributed by atoms with Gasteiger partial charge in [-0.3, -0.25) is 0 Å². The number of fused-ring (bicyclic) bond motifs is 1. The van der Waals surface area contributed by atoms with E-state index in [1.807, 2.05) is 72.8 Å². The number of carbonyl (C=O) groups excluding carboxylic acids is 1. The zero-order valence-corrected chi connectivity index (χ0v) is 16.4. The summed E-state index contributed by atoms with van der Waals surface area (Å²) in [7, 11) is 1.40. The lowest BCUT2D eigenvalue weighted by atomic mass is 9.99. The van der Waals surface area contributed by atoms with E-state index >= 15 is 0 Å². The van der Waals surface area contributed by atoms with Crippen LogP contribution in [0.5, 0.6) is 0 Å². The number of esters is 1. The molecule has 0 aliphatic heterocycles. The van der Waals surface area contributed by atoms with Gasteiger partial charge >= 0.3 is 5.97 Å². The Morgan fingerprint density at radius 3 is 2.10 bits per heavy atom. The molecule has 29 heavy (non-hydrogen) atoms. The molecular formula is C26H23NO2. The highest BCUT2D eigenvalue weighted by atomic mass is 16.5. The van der Waals surface area contributed by atoms with Crippen LogP contribution in [0.15, 0.2) is 102 Å². The van der Waals surface area contributed by atoms with E-state index in [2.05, 4.69) is 18.2 Å². The number of carbonyl (C=O) groups is 1. The average molecular weight is 381 g/mol. The Morgan fingerprint density at radius 2 is 1.48 bits per heavy atom. The number of aliphatic imine (C=N–C) groups is 1. The molecule has 3 nitrogen and oxygen atoms in total. The molecule has 0 saturated carbocycles. The molecule has 0 bridgehead atoms. The van der Waals surface area contributed by atoms with E-state index in [1.165, 1.54) is 18.2 Å². The van der Waals surface area contributed by atoms with E-state index in [1.54, 1.807) is 0 Å². The lowest BCUT2D eigenvalue weighted by Crippen LogP contribution is -2.10. The van der Waals surface area contributed by atoms with E-state index < -0.39 is 5.97 Å². The summed E-state index contributed by atoms with van der Waals surface area (Å²) in [5, 5.41) is 0. The number of hydrogen-bond acceptors (Lipinski definition) is 3. The summed E-state index contributed by atoms with van der Waals surface area (Å²) in [5.41, 5.74) is 5.63. The van der Waals surface area contributed by atoms with Crippen molar-refractivity contribution in [2.45, 2.75) is 18.8 Å². The molecule has 0 saturated heterocycles. The van der Waals surface area contributed by atoms with Gasteiger partial charge in [0.25, 0.3) is 0 Å². The van der Waals surface area contributed by atoms with Crippen LogP contribution in [0.3, 0.4) is 0 Å². The quantitative estimate of drug-likeness (QED) is 0.341.